The van der Waals surface area contributed by atoms with Gasteiger partial charge in [0.25, 0.3) is 0 Å². The maximum Gasteiger partial charge on any atom is 0.415 e. The first-order valence-corrected chi connectivity index (χ1v) is 11.4. The Morgan fingerprint density at radius 1 is 0.857 bits per heavy atom. The van der Waals surface area contributed by atoms with E-state index in [1.54, 1.807) is 0 Å². The Labute approximate surface area is 202 Å². The molecule has 3 N–H and O–H groups in total. The number of aliphatic carboxylic acids is 2. The number of ether oxygens (including phenoxy) is 1. The zero-order valence-corrected chi connectivity index (χ0v) is 19.1. The van der Waals surface area contributed by atoms with Crippen molar-refractivity contribution in [2.24, 2.45) is 0 Å². The Kier molecular flexibility index (Phi) is 7.47. The van der Waals surface area contributed by atoms with E-state index in [9.17, 15) is 14.4 Å². The molecule has 1 amide bonds. The van der Waals surface area contributed by atoms with Crippen LogP contribution in [0.15, 0.2) is 66.9 Å². The van der Waals surface area contributed by atoms with Gasteiger partial charge in [0, 0.05) is 56.1 Å². The molecule has 2 aromatic carbocycles. The van der Waals surface area contributed by atoms with Gasteiger partial charge in [0.15, 0.2) is 0 Å². The minimum Gasteiger partial charge on any atom is -0.478 e. The molecule has 4 heterocycles. The summed E-state index contributed by atoms with van der Waals surface area (Å²) in [5.41, 5.74) is 3.39. The van der Waals surface area contributed by atoms with Crippen LogP contribution in [0.25, 0.3) is 22.0 Å². The van der Waals surface area contributed by atoms with Gasteiger partial charge in [-0.2, -0.15) is 0 Å². The maximum atomic E-state index is 12.7. The molecule has 0 atom stereocenters. The van der Waals surface area contributed by atoms with Crippen molar-refractivity contribution in [2.75, 3.05) is 26.2 Å². The van der Waals surface area contributed by atoms with Crippen molar-refractivity contribution in [2.45, 2.75) is 18.9 Å². The van der Waals surface area contributed by atoms with Gasteiger partial charge in [0.1, 0.15) is 5.75 Å². The molecule has 0 radical (unpaired) electrons. The molecule has 3 fully saturated rings. The monoisotopic (exact) mass is 477 g/mol. The van der Waals surface area contributed by atoms with Gasteiger partial charge in [0.05, 0.1) is 0 Å². The summed E-state index contributed by atoms with van der Waals surface area (Å²) in [6, 6.07) is 16.5. The van der Waals surface area contributed by atoms with Gasteiger partial charge >= 0.3 is 18.0 Å². The van der Waals surface area contributed by atoms with Gasteiger partial charge in [0.2, 0.25) is 0 Å². The van der Waals surface area contributed by atoms with Gasteiger partial charge in [-0.1, -0.05) is 18.2 Å². The van der Waals surface area contributed by atoms with E-state index in [1.807, 2.05) is 35.4 Å². The lowest BCUT2D eigenvalue weighted by Gasteiger charge is -2.30. The van der Waals surface area contributed by atoms with Crippen LogP contribution in [0.5, 0.6) is 5.75 Å². The molecule has 0 saturated carbocycles. The molecule has 182 valence electrons. The molecule has 1 aromatic heterocycles. The number of carboxylic acid groups (broad SMARTS) is 2. The van der Waals surface area contributed by atoms with Crippen LogP contribution in [0.1, 0.15) is 12.8 Å². The zero-order valence-electron chi connectivity index (χ0n) is 19.1. The fourth-order valence-corrected chi connectivity index (χ4v) is 4.38. The van der Waals surface area contributed by atoms with Crippen molar-refractivity contribution >= 4 is 28.9 Å². The predicted octanol–water partition coefficient (Wildman–Crippen LogP) is 3.83. The number of carboxylic acids is 2. The molecule has 3 aliphatic rings. The molecule has 0 spiro atoms. The second kappa shape index (κ2) is 10.9. The van der Waals surface area contributed by atoms with Crippen LogP contribution in [0, 0.1) is 0 Å². The molecule has 0 aliphatic carbocycles. The third kappa shape index (κ3) is 6.27. The Hall–Kier alpha value is -4.11. The first-order chi connectivity index (χ1) is 16.9. The molecule has 3 aliphatic heterocycles. The highest BCUT2D eigenvalue weighted by atomic mass is 16.6. The van der Waals surface area contributed by atoms with Crippen LogP contribution in [0.2, 0.25) is 0 Å². The normalized spacial score (nSPS) is 19.1. The number of hydrogen-bond donors (Lipinski definition) is 3. The minimum atomic E-state index is -1.26. The number of amides is 1. The van der Waals surface area contributed by atoms with Gasteiger partial charge < -0.3 is 29.7 Å². The summed E-state index contributed by atoms with van der Waals surface area (Å²) < 4.78 is 5.67. The number of carbonyl (C=O) groups is 3. The van der Waals surface area contributed by atoms with E-state index in [4.69, 9.17) is 14.9 Å². The van der Waals surface area contributed by atoms with Crippen LogP contribution in [0.4, 0.5) is 4.79 Å². The number of carbonyl (C=O) groups excluding carboxylic acids is 1. The summed E-state index contributed by atoms with van der Waals surface area (Å²) in [4.78, 5) is 39.3. The van der Waals surface area contributed by atoms with Crippen LogP contribution in [-0.4, -0.2) is 75.2 Å². The molecule has 35 heavy (non-hydrogen) atoms. The van der Waals surface area contributed by atoms with E-state index in [-0.39, 0.29) is 6.09 Å². The van der Waals surface area contributed by atoms with E-state index in [0.717, 1.165) is 55.7 Å². The summed E-state index contributed by atoms with van der Waals surface area (Å²) >= 11 is 0. The van der Waals surface area contributed by atoms with Crippen LogP contribution in [-0.2, 0) is 9.59 Å². The standard InChI is InChI=1S/C22H23N3O2.C4H4O4/c26-22(25-14-13-24-11-8-19(25)9-12-24)27-20-4-1-16(2-5-20)17-3-6-21-18(15-17)7-10-23-21;5-3(6)1-2-4(7)8/h1-7,10,15,19,23H,8-9,11-14H2;1-2H,(H,5,6)(H,7,8)/b;2-1+. The average molecular weight is 478 g/mol. The lowest BCUT2D eigenvalue weighted by atomic mass is 10.0. The number of aromatic nitrogens is 1. The molecule has 0 unspecified atom stereocenters. The van der Waals surface area contributed by atoms with Gasteiger partial charge in [-0.15, -0.1) is 0 Å². The van der Waals surface area contributed by atoms with Gasteiger partial charge in [-0.25, -0.2) is 14.4 Å². The first kappa shape index (κ1) is 24.0. The van der Waals surface area contributed by atoms with E-state index >= 15 is 0 Å². The second-order valence-electron chi connectivity index (χ2n) is 8.45. The Bertz CT molecular complexity index is 1210. The Morgan fingerprint density at radius 3 is 2.17 bits per heavy atom. The topological polar surface area (TPSA) is 123 Å². The van der Waals surface area contributed by atoms with Crippen molar-refractivity contribution in [3.63, 3.8) is 0 Å². The average Bonchev–Trinajstić information content (AvgIpc) is 3.11. The van der Waals surface area contributed by atoms with E-state index < -0.39 is 11.9 Å². The van der Waals surface area contributed by atoms with E-state index in [2.05, 4.69) is 34.1 Å². The number of nitrogens with one attached hydrogen (secondary N) is 1. The molecule has 9 nitrogen and oxygen atoms in total. The van der Waals surface area contributed by atoms with Crippen LogP contribution in [0.3, 0.4) is 0 Å². The van der Waals surface area contributed by atoms with Gasteiger partial charge in [-0.05, 0) is 59.7 Å². The van der Waals surface area contributed by atoms with Crippen molar-refractivity contribution in [1.29, 1.82) is 0 Å². The lowest BCUT2D eigenvalue weighted by molar-refractivity contribution is -0.134. The maximum absolute atomic E-state index is 12.7. The van der Waals surface area contributed by atoms with Crippen molar-refractivity contribution < 1.29 is 29.3 Å². The van der Waals surface area contributed by atoms with E-state index in [0.29, 0.717) is 23.9 Å². The number of rotatable bonds is 4. The number of H-pyrrole nitrogens is 1. The molecule has 2 bridgehead atoms. The smallest absolute Gasteiger partial charge is 0.415 e. The lowest BCUT2D eigenvalue weighted by Crippen LogP contribution is -2.43. The highest BCUT2D eigenvalue weighted by Gasteiger charge is 2.32. The SMILES string of the molecule is O=C(O)/C=C/C(=O)O.O=C(Oc1ccc(-c2ccc3[nH]ccc3c2)cc1)N1CCN2CCC1CC2. The molecule has 9 heteroatoms. The highest BCUT2D eigenvalue weighted by Crippen LogP contribution is 2.27. The van der Waals surface area contributed by atoms with Crippen LogP contribution < -0.4 is 4.74 Å². The summed E-state index contributed by atoms with van der Waals surface area (Å²) in [6.07, 6.45) is 4.95. The Balaban J connectivity index is 0.000000314. The van der Waals surface area contributed by atoms with E-state index in [1.165, 1.54) is 5.39 Å². The third-order valence-corrected chi connectivity index (χ3v) is 6.20. The molecule has 6 rings (SSSR count). The molecular formula is C26H27N3O6. The number of fused-ring (bicyclic) bond motifs is 5. The van der Waals surface area contributed by atoms with Crippen molar-refractivity contribution in [3.05, 3.63) is 66.9 Å². The zero-order chi connectivity index (χ0) is 24.8. The van der Waals surface area contributed by atoms with Crippen molar-refractivity contribution in [3.8, 4) is 16.9 Å². The largest absolute Gasteiger partial charge is 0.478 e. The number of benzene rings is 2. The minimum absolute atomic E-state index is 0.217. The predicted molar refractivity (Wildman–Crippen MR) is 130 cm³/mol. The third-order valence-electron chi connectivity index (χ3n) is 6.20. The van der Waals surface area contributed by atoms with Crippen molar-refractivity contribution in [1.82, 2.24) is 14.8 Å². The summed E-state index contributed by atoms with van der Waals surface area (Å²) in [5.74, 6) is -1.91. The molecule has 3 saturated heterocycles. The molecular weight excluding hydrogens is 450 g/mol. The van der Waals surface area contributed by atoms with Crippen LogP contribution >= 0.6 is 0 Å². The summed E-state index contributed by atoms with van der Waals surface area (Å²) in [6.45, 7) is 3.90. The highest BCUT2D eigenvalue weighted by molar-refractivity contribution is 5.89. The number of aromatic amines is 1. The molecule has 3 aromatic rings. The fraction of sp³-hybridized carbons (Fsp3) is 0.269. The quantitative estimate of drug-likeness (QED) is 0.488. The van der Waals surface area contributed by atoms with Gasteiger partial charge in [-0.3, -0.25) is 0 Å². The Morgan fingerprint density at radius 2 is 1.51 bits per heavy atom. The number of piperidine rings is 1. The number of nitrogens with zero attached hydrogens (tertiary/aromatic N) is 2. The fourth-order valence-electron chi connectivity index (χ4n) is 4.38. The summed E-state index contributed by atoms with van der Waals surface area (Å²) in [5, 5.41) is 16.8. The first-order valence-electron chi connectivity index (χ1n) is 11.4. The second-order valence-corrected chi connectivity index (χ2v) is 8.45. The number of hydrogen-bond acceptors (Lipinski definition) is 5. The summed E-state index contributed by atoms with van der Waals surface area (Å²) in [7, 11) is 0.